The van der Waals surface area contributed by atoms with Gasteiger partial charge in [0.25, 0.3) is 5.91 Å². The average Bonchev–Trinajstić information content (AvgIpc) is 3.01. The van der Waals surface area contributed by atoms with Gasteiger partial charge in [0, 0.05) is 31.6 Å². The number of pyridine rings is 1. The number of aromatic nitrogens is 4. The molecule has 3 aromatic rings. The van der Waals surface area contributed by atoms with Crippen LogP contribution in [0.5, 0.6) is 0 Å². The number of carbonyl (C=O) groups is 2. The molecule has 8 nitrogen and oxygen atoms in total. The maximum atomic E-state index is 12.6. The SMILES string of the molecule is Cc1c(C(=O)N(C)CCCC(=O)O)nnn1-c1ccc2ncccc2c1. The molecule has 3 rings (SSSR count). The topological polar surface area (TPSA) is 101 Å². The molecule has 0 saturated heterocycles. The monoisotopic (exact) mass is 353 g/mol. The molecule has 0 saturated carbocycles. The Bertz CT molecular complexity index is 966. The molecule has 0 unspecified atom stereocenters. The van der Waals surface area contributed by atoms with Gasteiger partial charge in [-0.15, -0.1) is 5.10 Å². The van der Waals surface area contributed by atoms with E-state index in [1.54, 1.807) is 24.9 Å². The van der Waals surface area contributed by atoms with E-state index >= 15 is 0 Å². The highest BCUT2D eigenvalue weighted by atomic mass is 16.4. The summed E-state index contributed by atoms with van der Waals surface area (Å²) in [6.45, 7) is 2.13. The normalized spacial score (nSPS) is 10.8. The Kier molecular flexibility index (Phi) is 4.92. The minimum absolute atomic E-state index is 0.0222. The van der Waals surface area contributed by atoms with E-state index in [4.69, 9.17) is 5.11 Å². The number of nitrogens with zero attached hydrogens (tertiary/aromatic N) is 5. The van der Waals surface area contributed by atoms with E-state index in [-0.39, 0.29) is 18.0 Å². The number of carbonyl (C=O) groups excluding carboxylic acids is 1. The lowest BCUT2D eigenvalue weighted by atomic mass is 10.2. The van der Waals surface area contributed by atoms with Gasteiger partial charge < -0.3 is 10.0 Å². The number of carboxylic acids is 1. The summed E-state index contributed by atoms with van der Waals surface area (Å²) >= 11 is 0. The number of amides is 1. The fraction of sp³-hybridized carbons (Fsp3) is 0.278. The molecule has 1 aromatic carbocycles. The van der Waals surface area contributed by atoms with Crippen LogP contribution in [0, 0.1) is 6.92 Å². The predicted molar refractivity (Wildman–Crippen MR) is 95.2 cm³/mol. The Hall–Kier alpha value is -3.29. The minimum atomic E-state index is -0.876. The lowest BCUT2D eigenvalue weighted by Crippen LogP contribution is -2.29. The third-order valence-corrected chi connectivity index (χ3v) is 4.16. The molecule has 26 heavy (non-hydrogen) atoms. The van der Waals surface area contributed by atoms with Crippen LogP contribution < -0.4 is 0 Å². The summed E-state index contributed by atoms with van der Waals surface area (Å²) in [4.78, 5) is 28.9. The standard InChI is InChI=1S/C18H19N5O3/c1-12-17(18(26)22(2)10-4-6-16(24)25)20-21-23(12)14-7-8-15-13(11-14)5-3-9-19-15/h3,5,7-9,11H,4,6,10H2,1-2H3,(H,24,25). The Morgan fingerprint density at radius 3 is 2.85 bits per heavy atom. The number of hydrogen-bond acceptors (Lipinski definition) is 5. The Balaban J connectivity index is 1.82. The number of carboxylic acid groups (broad SMARTS) is 1. The second kappa shape index (κ2) is 7.30. The minimum Gasteiger partial charge on any atom is -0.481 e. The van der Waals surface area contributed by atoms with Crippen LogP contribution in [0.25, 0.3) is 16.6 Å². The Morgan fingerprint density at radius 1 is 1.27 bits per heavy atom. The highest BCUT2D eigenvalue weighted by Gasteiger charge is 2.20. The van der Waals surface area contributed by atoms with Crippen molar-refractivity contribution in [2.24, 2.45) is 0 Å². The molecule has 8 heteroatoms. The summed E-state index contributed by atoms with van der Waals surface area (Å²) in [7, 11) is 1.63. The molecular formula is C18H19N5O3. The fourth-order valence-corrected chi connectivity index (χ4v) is 2.72. The molecular weight excluding hydrogens is 334 g/mol. The van der Waals surface area contributed by atoms with Crippen molar-refractivity contribution in [3.63, 3.8) is 0 Å². The van der Waals surface area contributed by atoms with Crippen LogP contribution in [-0.4, -0.2) is 55.5 Å². The highest BCUT2D eigenvalue weighted by molar-refractivity contribution is 5.93. The first-order valence-corrected chi connectivity index (χ1v) is 8.22. The molecule has 0 bridgehead atoms. The maximum absolute atomic E-state index is 12.6. The second-order valence-electron chi connectivity index (χ2n) is 6.04. The van der Waals surface area contributed by atoms with Crippen molar-refractivity contribution < 1.29 is 14.7 Å². The molecule has 0 aliphatic carbocycles. The third-order valence-electron chi connectivity index (χ3n) is 4.16. The zero-order valence-electron chi connectivity index (χ0n) is 14.6. The molecule has 2 heterocycles. The molecule has 1 N–H and O–H groups in total. The summed E-state index contributed by atoms with van der Waals surface area (Å²) in [5.41, 5.74) is 2.56. The summed E-state index contributed by atoms with van der Waals surface area (Å²) in [6.07, 6.45) is 2.15. The van der Waals surface area contributed by atoms with Gasteiger partial charge >= 0.3 is 5.97 Å². The van der Waals surface area contributed by atoms with Gasteiger partial charge in [-0.05, 0) is 37.6 Å². The number of aliphatic carboxylic acids is 1. The number of fused-ring (bicyclic) bond motifs is 1. The number of hydrogen-bond donors (Lipinski definition) is 1. The summed E-state index contributed by atoms with van der Waals surface area (Å²) in [6, 6.07) is 9.53. The number of benzene rings is 1. The first kappa shape index (κ1) is 17.5. The maximum Gasteiger partial charge on any atom is 0.303 e. The summed E-state index contributed by atoms with van der Waals surface area (Å²) in [5.74, 6) is -1.15. The molecule has 0 aliphatic rings. The van der Waals surface area contributed by atoms with Gasteiger partial charge in [0.1, 0.15) is 0 Å². The molecule has 0 spiro atoms. The van der Waals surface area contributed by atoms with Crippen LogP contribution in [0.3, 0.4) is 0 Å². The van der Waals surface area contributed by atoms with Gasteiger partial charge in [0.2, 0.25) is 0 Å². The predicted octanol–water partition coefficient (Wildman–Crippen LogP) is 2.06. The van der Waals surface area contributed by atoms with Crippen molar-refractivity contribution in [1.82, 2.24) is 24.9 Å². The molecule has 0 atom stereocenters. The first-order valence-electron chi connectivity index (χ1n) is 8.22. The van der Waals surface area contributed by atoms with E-state index in [0.29, 0.717) is 18.7 Å². The van der Waals surface area contributed by atoms with Crippen LogP contribution in [0.1, 0.15) is 29.0 Å². The van der Waals surface area contributed by atoms with Crippen molar-refractivity contribution >= 4 is 22.8 Å². The fourth-order valence-electron chi connectivity index (χ4n) is 2.72. The summed E-state index contributed by atoms with van der Waals surface area (Å²) < 4.78 is 1.62. The van der Waals surface area contributed by atoms with Gasteiger partial charge in [-0.2, -0.15) is 0 Å². The van der Waals surface area contributed by atoms with Crippen molar-refractivity contribution in [2.75, 3.05) is 13.6 Å². The first-order chi connectivity index (χ1) is 12.5. The molecule has 0 fully saturated rings. The molecule has 2 aromatic heterocycles. The lowest BCUT2D eigenvalue weighted by molar-refractivity contribution is -0.137. The lowest BCUT2D eigenvalue weighted by Gasteiger charge is -2.15. The van der Waals surface area contributed by atoms with Crippen LogP contribution in [0.2, 0.25) is 0 Å². The molecule has 134 valence electrons. The van der Waals surface area contributed by atoms with E-state index in [1.165, 1.54) is 4.90 Å². The molecule has 0 aliphatic heterocycles. The van der Waals surface area contributed by atoms with E-state index in [9.17, 15) is 9.59 Å². The Labute approximate surface area is 150 Å². The second-order valence-corrected chi connectivity index (χ2v) is 6.04. The van der Waals surface area contributed by atoms with Crippen molar-refractivity contribution in [3.05, 3.63) is 47.9 Å². The van der Waals surface area contributed by atoms with Gasteiger partial charge in [-0.1, -0.05) is 11.3 Å². The van der Waals surface area contributed by atoms with E-state index in [1.807, 2.05) is 30.3 Å². The highest BCUT2D eigenvalue weighted by Crippen LogP contribution is 2.18. The van der Waals surface area contributed by atoms with Gasteiger partial charge in [0.05, 0.1) is 16.9 Å². The third kappa shape index (κ3) is 3.53. The van der Waals surface area contributed by atoms with Crippen LogP contribution >= 0.6 is 0 Å². The van der Waals surface area contributed by atoms with Gasteiger partial charge in [-0.25, -0.2) is 4.68 Å². The largest absolute Gasteiger partial charge is 0.481 e. The van der Waals surface area contributed by atoms with Crippen molar-refractivity contribution in [3.8, 4) is 5.69 Å². The smallest absolute Gasteiger partial charge is 0.303 e. The average molecular weight is 353 g/mol. The van der Waals surface area contributed by atoms with E-state index < -0.39 is 5.97 Å². The summed E-state index contributed by atoms with van der Waals surface area (Å²) in [5, 5.41) is 17.8. The zero-order chi connectivity index (χ0) is 18.7. The van der Waals surface area contributed by atoms with Crippen molar-refractivity contribution in [1.29, 1.82) is 0 Å². The van der Waals surface area contributed by atoms with Crippen LogP contribution in [-0.2, 0) is 4.79 Å². The molecule has 0 radical (unpaired) electrons. The van der Waals surface area contributed by atoms with E-state index in [0.717, 1.165) is 16.6 Å². The molecule has 1 amide bonds. The van der Waals surface area contributed by atoms with Crippen molar-refractivity contribution in [2.45, 2.75) is 19.8 Å². The van der Waals surface area contributed by atoms with Gasteiger partial charge in [-0.3, -0.25) is 14.6 Å². The quantitative estimate of drug-likeness (QED) is 0.728. The van der Waals surface area contributed by atoms with E-state index in [2.05, 4.69) is 15.3 Å². The number of rotatable bonds is 6. The van der Waals surface area contributed by atoms with Crippen LogP contribution in [0.15, 0.2) is 36.5 Å². The Morgan fingerprint density at radius 2 is 2.08 bits per heavy atom. The van der Waals surface area contributed by atoms with Crippen LogP contribution in [0.4, 0.5) is 0 Å². The zero-order valence-corrected chi connectivity index (χ0v) is 14.6. The van der Waals surface area contributed by atoms with Gasteiger partial charge in [0.15, 0.2) is 5.69 Å².